The lowest BCUT2D eigenvalue weighted by atomic mass is 10.2. The number of aromatic nitrogens is 4. The summed E-state index contributed by atoms with van der Waals surface area (Å²) in [6.45, 7) is 0.251. The summed E-state index contributed by atoms with van der Waals surface area (Å²) in [5.41, 5.74) is 3.94. The van der Waals surface area contributed by atoms with Crippen LogP contribution in [-0.4, -0.2) is 30.0 Å². The Kier molecular flexibility index (Phi) is 5.35. The molecule has 0 amide bonds. The van der Waals surface area contributed by atoms with Crippen molar-refractivity contribution in [3.8, 4) is 5.75 Å². The number of aryl methyl sites for hydroxylation is 1. The van der Waals surface area contributed by atoms with Crippen molar-refractivity contribution < 1.29 is 5.11 Å². The van der Waals surface area contributed by atoms with E-state index in [2.05, 4.69) is 15.5 Å². The molecule has 2 N–H and O–H groups in total. The molecule has 0 saturated heterocycles. The van der Waals surface area contributed by atoms with E-state index in [-0.39, 0.29) is 29.4 Å². The van der Waals surface area contributed by atoms with Crippen LogP contribution in [-0.2, 0) is 20.6 Å². The molecule has 4 aromatic rings. The van der Waals surface area contributed by atoms with Gasteiger partial charge < -0.3 is 5.11 Å². The number of halogens is 1. The zero-order valence-electron chi connectivity index (χ0n) is 16.8. The molecule has 0 bridgehead atoms. The SMILES string of the molecule is Cn1c(=O)c2c(nc(N/N=C/c3ccc(O)cc3)n2Cc2ccccc2Cl)n(C)c1=O. The standard InChI is InChI=1S/C21H19ClN6O3/c1-26-18-17(19(30)27(2)21(26)31)28(12-14-5-3-4-6-16(14)22)20(24-18)25-23-11-13-7-9-15(29)10-8-13/h3-11,29H,12H2,1-2H3,(H,24,25)/b23-11+. The maximum atomic E-state index is 12.9. The molecular formula is C21H19ClN6O3. The highest BCUT2D eigenvalue weighted by molar-refractivity contribution is 6.31. The number of imidazole rings is 1. The first kappa shape index (κ1) is 20.4. The number of hydrogen-bond acceptors (Lipinski definition) is 6. The highest BCUT2D eigenvalue weighted by Crippen LogP contribution is 2.22. The maximum absolute atomic E-state index is 12.9. The first-order valence-corrected chi connectivity index (χ1v) is 9.72. The molecule has 10 heteroatoms. The number of phenolic OH excluding ortho intramolecular Hbond substituents is 1. The molecule has 0 atom stereocenters. The summed E-state index contributed by atoms with van der Waals surface area (Å²) < 4.78 is 4.00. The van der Waals surface area contributed by atoms with E-state index < -0.39 is 11.2 Å². The van der Waals surface area contributed by atoms with E-state index in [1.54, 1.807) is 48.2 Å². The van der Waals surface area contributed by atoms with Crippen molar-refractivity contribution in [1.82, 2.24) is 18.7 Å². The number of phenols is 1. The van der Waals surface area contributed by atoms with Crippen LogP contribution < -0.4 is 16.7 Å². The molecule has 31 heavy (non-hydrogen) atoms. The highest BCUT2D eigenvalue weighted by atomic mass is 35.5. The highest BCUT2D eigenvalue weighted by Gasteiger charge is 2.19. The number of fused-ring (bicyclic) bond motifs is 1. The predicted molar refractivity (Wildman–Crippen MR) is 120 cm³/mol. The van der Waals surface area contributed by atoms with Gasteiger partial charge in [0.25, 0.3) is 5.56 Å². The molecule has 158 valence electrons. The lowest BCUT2D eigenvalue weighted by Crippen LogP contribution is -2.37. The van der Waals surface area contributed by atoms with Crippen LogP contribution in [0.25, 0.3) is 11.2 Å². The van der Waals surface area contributed by atoms with Crippen LogP contribution in [0.1, 0.15) is 11.1 Å². The number of hydrogen-bond donors (Lipinski definition) is 2. The molecule has 0 aliphatic heterocycles. The van der Waals surface area contributed by atoms with Gasteiger partial charge in [-0.05, 0) is 41.5 Å². The molecule has 0 saturated carbocycles. The summed E-state index contributed by atoms with van der Waals surface area (Å²) in [5.74, 6) is 0.437. The van der Waals surface area contributed by atoms with Crippen molar-refractivity contribution in [3.63, 3.8) is 0 Å². The van der Waals surface area contributed by atoms with Crippen molar-refractivity contribution in [3.05, 3.63) is 85.5 Å². The predicted octanol–water partition coefficient (Wildman–Crippen LogP) is 2.29. The maximum Gasteiger partial charge on any atom is 0.332 e. The molecule has 0 spiro atoms. The molecular weight excluding hydrogens is 420 g/mol. The van der Waals surface area contributed by atoms with Crippen LogP contribution >= 0.6 is 11.6 Å². The number of anilines is 1. The minimum Gasteiger partial charge on any atom is -0.508 e. The number of nitrogens with zero attached hydrogens (tertiary/aromatic N) is 5. The van der Waals surface area contributed by atoms with Crippen molar-refractivity contribution in [2.75, 3.05) is 5.43 Å². The summed E-state index contributed by atoms with van der Waals surface area (Å²) in [5, 5.41) is 14.1. The van der Waals surface area contributed by atoms with Gasteiger partial charge in [-0.2, -0.15) is 10.1 Å². The second-order valence-corrected chi connectivity index (χ2v) is 7.36. The fraction of sp³-hybridized carbons (Fsp3) is 0.143. The third-order valence-corrected chi connectivity index (χ3v) is 5.27. The molecule has 9 nitrogen and oxygen atoms in total. The Hall–Kier alpha value is -3.85. The second-order valence-electron chi connectivity index (χ2n) is 6.95. The van der Waals surface area contributed by atoms with Gasteiger partial charge in [0.15, 0.2) is 11.2 Å². The number of nitrogens with one attached hydrogen (secondary N) is 1. The van der Waals surface area contributed by atoms with Gasteiger partial charge in [-0.25, -0.2) is 10.2 Å². The fourth-order valence-corrected chi connectivity index (χ4v) is 3.40. The van der Waals surface area contributed by atoms with Gasteiger partial charge in [0.2, 0.25) is 5.95 Å². The minimum atomic E-state index is -0.473. The zero-order valence-corrected chi connectivity index (χ0v) is 17.5. The van der Waals surface area contributed by atoms with E-state index in [1.807, 2.05) is 18.2 Å². The normalized spacial score (nSPS) is 11.5. The quantitative estimate of drug-likeness (QED) is 0.367. The van der Waals surface area contributed by atoms with Crippen molar-refractivity contribution in [2.24, 2.45) is 19.2 Å². The summed E-state index contributed by atoms with van der Waals surface area (Å²) in [4.78, 5) is 29.7. The van der Waals surface area contributed by atoms with Crippen LogP contribution in [0.3, 0.4) is 0 Å². The first-order chi connectivity index (χ1) is 14.9. The third-order valence-electron chi connectivity index (χ3n) is 4.91. The Morgan fingerprint density at radius 2 is 1.81 bits per heavy atom. The van der Waals surface area contributed by atoms with E-state index in [9.17, 15) is 14.7 Å². The Morgan fingerprint density at radius 3 is 2.52 bits per heavy atom. The van der Waals surface area contributed by atoms with Gasteiger partial charge in [-0.3, -0.25) is 18.5 Å². The Morgan fingerprint density at radius 1 is 1.10 bits per heavy atom. The van der Waals surface area contributed by atoms with E-state index >= 15 is 0 Å². The van der Waals surface area contributed by atoms with Crippen molar-refractivity contribution in [2.45, 2.75) is 6.54 Å². The van der Waals surface area contributed by atoms with Crippen molar-refractivity contribution in [1.29, 1.82) is 0 Å². The van der Waals surface area contributed by atoms with Crippen LogP contribution in [0, 0.1) is 0 Å². The number of rotatable bonds is 5. The molecule has 0 radical (unpaired) electrons. The molecule has 0 aliphatic carbocycles. The summed E-state index contributed by atoms with van der Waals surface area (Å²) in [6.07, 6.45) is 1.55. The molecule has 2 aromatic carbocycles. The minimum absolute atomic E-state index is 0.156. The Balaban J connectivity index is 1.83. The Labute approximate surface area is 181 Å². The summed E-state index contributed by atoms with van der Waals surface area (Å²) in [7, 11) is 2.98. The zero-order chi connectivity index (χ0) is 22.1. The Bertz CT molecular complexity index is 1420. The van der Waals surface area contributed by atoms with Crippen molar-refractivity contribution >= 4 is 34.9 Å². The molecule has 0 unspecified atom stereocenters. The summed E-state index contributed by atoms with van der Waals surface area (Å²) in [6, 6.07) is 13.8. The molecule has 2 heterocycles. The van der Waals surface area contributed by atoms with Gasteiger partial charge in [0, 0.05) is 19.1 Å². The smallest absolute Gasteiger partial charge is 0.332 e. The molecule has 0 aliphatic rings. The van der Waals surface area contributed by atoms with Gasteiger partial charge in [0.05, 0.1) is 12.8 Å². The van der Waals surface area contributed by atoms with E-state index in [1.165, 1.54) is 11.6 Å². The third kappa shape index (κ3) is 3.82. The molecule has 4 rings (SSSR count). The number of benzene rings is 2. The first-order valence-electron chi connectivity index (χ1n) is 9.34. The fourth-order valence-electron chi connectivity index (χ4n) is 3.21. The van der Waals surface area contributed by atoms with Crippen LogP contribution in [0.15, 0.2) is 63.2 Å². The lowest BCUT2D eigenvalue weighted by Gasteiger charge is -2.10. The van der Waals surface area contributed by atoms with E-state index in [4.69, 9.17) is 11.6 Å². The van der Waals surface area contributed by atoms with Crippen LogP contribution in [0.5, 0.6) is 5.75 Å². The van der Waals surface area contributed by atoms with E-state index in [0.717, 1.165) is 15.7 Å². The lowest BCUT2D eigenvalue weighted by molar-refractivity contribution is 0.475. The average molecular weight is 439 g/mol. The second kappa shape index (κ2) is 8.11. The van der Waals surface area contributed by atoms with Crippen LogP contribution in [0.4, 0.5) is 5.95 Å². The van der Waals surface area contributed by atoms with Gasteiger partial charge >= 0.3 is 5.69 Å². The topological polar surface area (TPSA) is 106 Å². The average Bonchev–Trinajstić information content (AvgIpc) is 3.12. The van der Waals surface area contributed by atoms with Gasteiger partial charge in [-0.1, -0.05) is 29.8 Å². The largest absolute Gasteiger partial charge is 0.508 e. The summed E-state index contributed by atoms with van der Waals surface area (Å²) >= 11 is 6.33. The molecule has 2 aromatic heterocycles. The number of aromatic hydroxyl groups is 1. The van der Waals surface area contributed by atoms with E-state index in [0.29, 0.717) is 5.02 Å². The monoisotopic (exact) mass is 438 g/mol. The number of hydrazone groups is 1. The van der Waals surface area contributed by atoms with Gasteiger partial charge in [0.1, 0.15) is 5.75 Å². The molecule has 0 fully saturated rings. The van der Waals surface area contributed by atoms with Crippen LogP contribution in [0.2, 0.25) is 5.02 Å². The van der Waals surface area contributed by atoms with Gasteiger partial charge in [-0.15, -0.1) is 0 Å².